The van der Waals surface area contributed by atoms with E-state index in [-0.39, 0.29) is 68.9 Å². The summed E-state index contributed by atoms with van der Waals surface area (Å²) >= 11 is 0. The van der Waals surface area contributed by atoms with Crippen LogP contribution in [0, 0.1) is 0 Å². The van der Waals surface area contributed by atoms with Gasteiger partial charge in [0.05, 0.1) is 18.8 Å². The number of carbonyl (C=O) groups is 2. The predicted octanol–water partition coefficient (Wildman–Crippen LogP) is -8.20. The fraction of sp³-hybridized carbons (Fsp3) is 0.818. The van der Waals surface area contributed by atoms with Crippen LogP contribution in [-0.2, 0) is 14.3 Å². The van der Waals surface area contributed by atoms with Gasteiger partial charge in [-0.05, 0) is 0 Å². The topological polar surface area (TPSA) is 180 Å². The van der Waals surface area contributed by atoms with Crippen molar-refractivity contribution in [2.75, 3.05) is 6.61 Å². The van der Waals surface area contributed by atoms with Gasteiger partial charge in [-0.15, -0.1) is 0 Å². The molecule has 1 aliphatic rings. The summed E-state index contributed by atoms with van der Waals surface area (Å²) in [5.74, 6) is -5.55. The van der Waals surface area contributed by atoms with E-state index < -0.39 is 61.1 Å². The number of rotatable bonds is 5. The first-order valence-corrected chi connectivity index (χ1v) is 6.16. The molecule has 0 aromatic carbocycles. The number of carboxylic acid groups (broad SMARTS) is 1. The molecule has 1 fully saturated rings. The maximum Gasteiger partial charge on any atom is 1.00 e. The van der Waals surface area contributed by atoms with Gasteiger partial charge in [0, 0.05) is 13.3 Å². The van der Waals surface area contributed by atoms with Crippen LogP contribution in [-0.4, -0.2) is 80.3 Å². The minimum Gasteiger partial charge on any atom is -0.544 e. The summed E-state index contributed by atoms with van der Waals surface area (Å²) in [7, 11) is 0. The summed E-state index contributed by atoms with van der Waals surface area (Å²) in [5, 5.41) is 60.8. The van der Waals surface area contributed by atoms with Gasteiger partial charge < -0.3 is 45.5 Å². The van der Waals surface area contributed by atoms with Crippen LogP contribution in [0.15, 0.2) is 0 Å². The summed E-state index contributed by atoms with van der Waals surface area (Å²) in [6, 6.07) is -1.29. The number of aliphatic carboxylic acids is 1. The van der Waals surface area contributed by atoms with Crippen LogP contribution in [0.5, 0.6) is 0 Å². The van der Waals surface area contributed by atoms with Crippen LogP contribution in [0.1, 0.15) is 13.3 Å². The SMILES string of the molecule is CC(=O)N[C@H]1[C@H]([C@H](O)[C@H](O)CO)OC(O)(C(=O)[O-])C[C@@H]1O.[Cs+]. The minimum atomic E-state index is -2.89. The maximum atomic E-state index is 11.1. The normalized spacial score (nSPS) is 34.2. The number of carboxylic acids is 1. The van der Waals surface area contributed by atoms with Crippen molar-refractivity contribution in [3.05, 3.63) is 0 Å². The number of ether oxygens (including phenoxy) is 1. The molecule has 0 radical (unpaired) electrons. The summed E-state index contributed by atoms with van der Waals surface area (Å²) < 4.78 is 4.80. The number of aliphatic hydroxyl groups excluding tert-OH is 4. The van der Waals surface area contributed by atoms with Crippen LogP contribution in [0.25, 0.3) is 0 Å². The average Bonchev–Trinajstić information content (AvgIpc) is 2.39. The van der Waals surface area contributed by atoms with Gasteiger partial charge in [0.25, 0.3) is 0 Å². The number of amides is 1. The molecule has 122 valence electrons. The van der Waals surface area contributed by atoms with E-state index in [0.29, 0.717) is 0 Å². The molecule has 11 heteroatoms. The summed E-state index contributed by atoms with van der Waals surface area (Å²) in [6.45, 7) is 0.228. The first kappa shape index (κ1) is 22.8. The second kappa shape index (κ2) is 9.29. The fourth-order valence-corrected chi connectivity index (χ4v) is 2.13. The third kappa shape index (κ3) is 5.39. The molecule has 1 aliphatic heterocycles. The molecule has 6 N–H and O–H groups in total. The van der Waals surface area contributed by atoms with E-state index in [1.807, 2.05) is 0 Å². The standard InChI is InChI=1S/C11H19NO9.Cs/c1-4(14)12-7-5(15)2-11(20,10(18)19)21-9(7)8(17)6(16)3-13;/h5-9,13,15-17,20H,2-3H2,1H3,(H,12,14)(H,18,19);/q;+1/p-1/t5-,6+,7+,8+,9+,11?;/m0./s1. The van der Waals surface area contributed by atoms with Crippen molar-refractivity contribution >= 4 is 11.9 Å². The van der Waals surface area contributed by atoms with Gasteiger partial charge in [-0.25, -0.2) is 0 Å². The average molecular weight is 441 g/mol. The van der Waals surface area contributed by atoms with Gasteiger partial charge in [-0.1, -0.05) is 0 Å². The Morgan fingerprint density at radius 3 is 2.41 bits per heavy atom. The van der Waals surface area contributed by atoms with Crippen LogP contribution >= 0.6 is 0 Å². The molecule has 1 saturated heterocycles. The zero-order valence-electron chi connectivity index (χ0n) is 12.2. The van der Waals surface area contributed by atoms with Crippen molar-refractivity contribution in [2.24, 2.45) is 0 Å². The second-order valence-corrected chi connectivity index (χ2v) is 4.89. The van der Waals surface area contributed by atoms with Gasteiger partial charge in [0.15, 0.2) is 0 Å². The Labute approximate surface area is 184 Å². The Morgan fingerprint density at radius 1 is 1.45 bits per heavy atom. The number of nitrogens with one attached hydrogen (secondary N) is 1. The zero-order valence-corrected chi connectivity index (χ0v) is 18.5. The molecular formula is C11H18CsNO9. The van der Waals surface area contributed by atoms with Crippen molar-refractivity contribution in [3.63, 3.8) is 0 Å². The second-order valence-electron chi connectivity index (χ2n) is 4.89. The van der Waals surface area contributed by atoms with Crippen molar-refractivity contribution in [1.29, 1.82) is 0 Å². The molecule has 0 aromatic heterocycles. The van der Waals surface area contributed by atoms with E-state index >= 15 is 0 Å². The Bertz CT molecular complexity index is 409. The first-order valence-electron chi connectivity index (χ1n) is 6.16. The summed E-state index contributed by atoms with van der Waals surface area (Å²) in [4.78, 5) is 22.0. The number of hydrogen-bond acceptors (Lipinski definition) is 9. The molecule has 1 unspecified atom stereocenters. The largest absolute Gasteiger partial charge is 1.00 e. The van der Waals surface area contributed by atoms with Crippen molar-refractivity contribution in [1.82, 2.24) is 5.32 Å². The first-order chi connectivity index (χ1) is 9.62. The molecule has 1 rings (SSSR count). The number of carbonyl (C=O) groups excluding carboxylic acids is 2. The fourth-order valence-electron chi connectivity index (χ4n) is 2.13. The van der Waals surface area contributed by atoms with Crippen LogP contribution < -0.4 is 79.3 Å². The van der Waals surface area contributed by atoms with Crippen LogP contribution in [0.4, 0.5) is 0 Å². The van der Waals surface area contributed by atoms with Crippen LogP contribution in [0.3, 0.4) is 0 Å². The number of aliphatic hydroxyl groups is 5. The molecule has 10 nitrogen and oxygen atoms in total. The molecular weight excluding hydrogens is 423 g/mol. The van der Waals surface area contributed by atoms with Crippen molar-refractivity contribution < 1.29 is 114 Å². The van der Waals surface area contributed by atoms with Crippen molar-refractivity contribution in [2.45, 2.75) is 49.6 Å². The van der Waals surface area contributed by atoms with E-state index in [1.54, 1.807) is 0 Å². The van der Waals surface area contributed by atoms with Gasteiger partial charge >= 0.3 is 68.9 Å². The van der Waals surface area contributed by atoms with E-state index in [4.69, 9.17) is 9.84 Å². The third-order valence-electron chi connectivity index (χ3n) is 3.19. The van der Waals surface area contributed by atoms with E-state index in [9.17, 15) is 35.1 Å². The molecule has 22 heavy (non-hydrogen) atoms. The van der Waals surface area contributed by atoms with Crippen LogP contribution in [0.2, 0.25) is 0 Å². The molecule has 0 aliphatic carbocycles. The number of hydrogen-bond donors (Lipinski definition) is 6. The Balaban J connectivity index is 0.00000441. The Morgan fingerprint density at radius 2 is 2.00 bits per heavy atom. The molecule has 0 bridgehead atoms. The molecule has 0 saturated carbocycles. The van der Waals surface area contributed by atoms with E-state index in [2.05, 4.69) is 5.32 Å². The maximum absolute atomic E-state index is 11.1. The zero-order chi connectivity index (χ0) is 16.4. The molecule has 0 aromatic rings. The van der Waals surface area contributed by atoms with Gasteiger partial charge in [0.2, 0.25) is 11.7 Å². The smallest absolute Gasteiger partial charge is 0.544 e. The van der Waals surface area contributed by atoms with E-state index in [0.717, 1.165) is 6.92 Å². The third-order valence-corrected chi connectivity index (χ3v) is 3.19. The van der Waals surface area contributed by atoms with Gasteiger partial charge in [-0.2, -0.15) is 0 Å². The van der Waals surface area contributed by atoms with Crippen molar-refractivity contribution in [3.8, 4) is 0 Å². The molecule has 6 atom stereocenters. The van der Waals surface area contributed by atoms with Gasteiger partial charge in [0.1, 0.15) is 24.3 Å². The molecule has 1 amide bonds. The summed E-state index contributed by atoms with van der Waals surface area (Å²) in [5.41, 5.74) is 0. The molecule has 1 heterocycles. The quantitative estimate of drug-likeness (QED) is 0.242. The van der Waals surface area contributed by atoms with E-state index in [1.165, 1.54) is 0 Å². The summed E-state index contributed by atoms with van der Waals surface area (Å²) in [6.07, 6.45) is -7.67. The Kier molecular flexibility index (Phi) is 9.61. The minimum absolute atomic E-state index is 0. The predicted molar refractivity (Wildman–Crippen MR) is 62.2 cm³/mol. The Hall–Kier alpha value is 0.752. The monoisotopic (exact) mass is 441 g/mol. The molecule has 0 spiro atoms. The van der Waals surface area contributed by atoms with Gasteiger partial charge in [-0.3, -0.25) is 4.79 Å².